The zero-order valence-electron chi connectivity index (χ0n) is 17.5. The van der Waals surface area contributed by atoms with Crippen LogP contribution >= 0.6 is 11.6 Å². The quantitative estimate of drug-likeness (QED) is 0.398. The number of H-pyrrole nitrogens is 1. The summed E-state index contributed by atoms with van der Waals surface area (Å²) >= 11 is 6.04. The molecular formula is C25H19ClN4O3. The number of halogens is 1. The summed E-state index contributed by atoms with van der Waals surface area (Å²) in [5, 5.41) is 5.00. The highest BCUT2D eigenvalue weighted by Gasteiger charge is 2.14. The fourth-order valence-electron chi connectivity index (χ4n) is 3.76. The van der Waals surface area contributed by atoms with Crippen LogP contribution in [0.2, 0.25) is 5.02 Å². The van der Waals surface area contributed by atoms with Gasteiger partial charge in [0.05, 0.1) is 10.9 Å². The molecule has 0 unspecified atom stereocenters. The first kappa shape index (κ1) is 20.9. The molecule has 5 rings (SSSR count). The lowest BCUT2D eigenvalue weighted by Crippen LogP contribution is -2.35. The first-order valence-electron chi connectivity index (χ1n) is 10.5. The number of aromatic nitrogens is 4. The van der Waals surface area contributed by atoms with Gasteiger partial charge in [-0.25, -0.2) is 4.79 Å². The third-order valence-corrected chi connectivity index (χ3v) is 5.66. The average Bonchev–Trinajstić information content (AvgIpc) is 3.32. The van der Waals surface area contributed by atoms with E-state index in [1.807, 2.05) is 36.4 Å². The van der Waals surface area contributed by atoms with Crippen LogP contribution in [0.25, 0.3) is 33.7 Å². The van der Waals surface area contributed by atoms with Crippen LogP contribution < -0.4 is 11.2 Å². The molecule has 0 atom stereocenters. The molecule has 7 nitrogen and oxygen atoms in total. The Morgan fingerprint density at radius 1 is 0.939 bits per heavy atom. The molecule has 1 N–H and O–H groups in total. The van der Waals surface area contributed by atoms with Gasteiger partial charge in [0.25, 0.3) is 11.4 Å². The van der Waals surface area contributed by atoms with Crippen LogP contribution in [0, 0.1) is 0 Å². The Bertz CT molecular complexity index is 1550. The topological polar surface area (TPSA) is 93.8 Å². The number of hydrogen-bond acceptors (Lipinski definition) is 5. The monoisotopic (exact) mass is 458 g/mol. The summed E-state index contributed by atoms with van der Waals surface area (Å²) in [6, 6.07) is 22.2. The predicted molar refractivity (Wildman–Crippen MR) is 127 cm³/mol. The van der Waals surface area contributed by atoms with Gasteiger partial charge in [0.2, 0.25) is 5.82 Å². The van der Waals surface area contributed by atoms with Gasteiger partial charge in [-0.1, -0.05) is 59.2 Å². The number of aromatic amines is 1. The molecule has 3 aromatic carbocycles. The molecule has 0 aliphatic rings. The van der Waals surface area contributed by atoms with Gasteiger partial charge in [-0.3, -0.25) is 9.36 Å². The van der Waals surface area contributed by atoms with Crippen molar-refractivity contribution in [3.05, 3.63) is 104 Å². The first-order chi connectivity index (χ1) is 16.1. The third kappa shape index (κ3) is 4.36. The van der Waals surface area contributed by atoms with E-state index in [-0.39, 0.29) is 11.4 Å². The maximum absolute atomic E-state index is 12.9. The van der Waals surface area contributed by atoms with Gasteiger partial charge in [-0.05, 0) is 48.7 Å². The first-order valence-corrected chi connectivity index (χ1v) is 10.9. The Morgan fingerprint density at radius 2 is 1.79 bits per heavy atom. The second-order valence-electron chi connectivity index (χ2n) is 7.67. The van der Waals surface area contributed by atoms with Crippen molar-refractivity contribution in [2.75, 3.05) is 0 Å². The van der Waals surface area contributed by atoms with E-state index in [4.69, 9.17) is 16.1 Å². The van der Waals surface area contributed by atoms with Crippen molar-refractivity contribution in [1.29, 1.82) is 0 Å². The number of fused-ring (bicyclic) bond motifs is 1. The van der Waals surface area contributed by atoms with Crippen LogP contribution in [0.1, 0.15) is 12.0 Å². The van der Waals surface area contributed by atoms with E-state index in [2.05, 4.69) is 15.1 Å². The molecule has 0 bridgehead atoms. The van der Waals surface area contributed by atoms with Gasteiger partial charge < -0.3 is 9.51 Å². The number of nitrogens with zero attached hydrogens (tertiary/aromatic N) is 3. The number of rotatable bonds is 6. The minimum Gasteiger partial charge on any atom is -0.334 e. The molecule has 33 heavy (non-hydrogen) atoms. The fourth-order valence-corrected chi connectivity index (χ4v) is 3.95. The number of aryl methyl sites for hydroxylation is 1. The van der Waals surface area contributed by atoms with Gasteiger partial charge in [0.1, 0.15) is 0 Å². The number of nitrogens with one attached hydrogen (secondary N) is 1. The van der Waals surface area contributed by atoms with Crippen LogP contribution in [0.15, 0.2) is 86.9 Å². The molecular weight excluding hydrogens is 440 g/mol. The minimum absolute atomic E-state index is 0.278. The van der Waals surface area contributed by atoms with E-state index in [1.165, 1.54) is 10.1 Å². The van der Waals surface area contributed by atoms with Gasteiger partial charge in [-0.2, -0.15) is 4.98 Å². The van der Waals surface area contributed by atoms with E-state index in [1.54, 1.807) is 36.4 Å². The van der Waals surface area contributed by atoms with Crippen molar-refractivity contribution < 1.29 is 4.52 Å². The van der Waals surface area contributed by atoms with Gasteiger partial charge in [0.15, 0.2) is 0 Å². The summed E-state index contributed by atoms with van der Waals surface area (Å²) in [6.45, 7) is 0.341. The van der Waals surface area contributed by atoms with Crippen molar-refractivity contribution in [3.63, 3.8) is 0 Å². The molecule has 0 aliphatic carbocycles. The molecule has 0 amide bonds. The summed E-state index contributed by atoms with van der Waals surface area (Å²) in [4.78, 5) is 32.8. The molecule has 0 radical (unpaired) electrons. The van der Waals surface area contributed by atoms with Crippen LogP contribution in [0.5, 0.6) is 0 Å². The molecule has 0 saturated carbocycles. The Labute approximate surface area is 193 Å². The highest BCUT2D eigenvalue weighted by molar-refractivity contribution is 6.30. The summed E-state index contributed by atoms with van der Waals surface area (Å²) in [5.41, 5.74) is 2.15. The van der Waals surface area contributed by atoms with Crippen molar-refractivity contribution in [2.45, 2.75) is 19.4 Å². The van der Waals surface area contributed by atoms with E-state index in [9.17, 15) is 9.59 Å². The lowest BCUT2D eigenvalue weighted by atomic mass is 10.1. The molecule has 0 aliphatic heterocycles. The minimum atomic E-state index is -0.442. The largest absolute Gasteiger partial charge is 0.334 e. The van der Waals surface area contributed by atoms with Crippen LogP contribution in [0.3, 0.4) is 0 Å². The lowest BCUT2D eigenvalue weighted by molar-refractivity contribution is 0.432. The fraction of sp³-hybridized carbons (Fsp3) is 0.120. The third-order valence-electron chi connectivity index (χ3n) is 5.43. The van der Waals surface area contributed by atoms with Crippen molar-refractivity contribution in [1.82, 2.24) is 19.7 Å². The van der Waals surface area contributed by atoms with E-state index >= 15 is 0 Å². The maximum Gasteiger partial charge on any atom is 0.328 e. The number of benzene rings is 3. The zero-order valence-corrected chi connectivity index (χ0v) is 18.2. The Hall–Kier alpha value is -3.97. The van der Waals surface area contributed by atoms with Gasteiger partial charge >= 0.3 is 5.69 Å². The molecule has 0 spiro atoms. The summed E-state index contributed by atoms with van der Waals surface area (Å²) in [7, 11) is 0. The standard InChI is InChI=1S/C25H19ClN4O3/c26-19-10-4-9-17(14-19)22-28-23(33-29-22)18-11-12-20-21(15-18)27-25(32)30(24(20)31)13-5-8-16-6-2-1-3-7-16/h1-4,6-7,9-12,14-15H,5,8,13H2,(H,27,32). The summed E-state index contributed by atoms with van der Waals surface area (Å²) in [5.74, 6) is 0.676. The highest BCUT2D eigenvalue weighted by Crippen LogP contribution is 2.25. The predicted octanol–water partition coefficient (Wildman–Crippen LogP) is 4.69. The van der Waals surface area contributed by atoms with Gasteiger partial charge in [0, 0.05) is 22.7 Å². The van der Waals surface area contributed by atoms with Crippen molar-refractivity contribution in [3.8, 4) is 22.8 Å². The summed E-state index contributed by atoms with van der Waals surface area (Å²) in [6.07, 6.45) is 1.47. The summed E-state index contributed by atoms with van der Waals surface area (Å²) < 4.78 is 6.64. The normalized spacial score (nSPS) is 11.2. The smallest absolute Gasteiger partial charge is 0.328 e. The highest BCUT2D eigenvalue weighted by atomic mass is 35.5. The lowest BCUT2D eigenvalue weighted by Gasteiger charge is -2.07. The van der Waals surface area contributed by atoms with Crippen LogP contribution in [-0.2, 0) is 13.0 Å². The second kappa shape index (κ2) is 8.88. The molecule has 2 heterocycles. The molecule has 5 aromatic rings. The van der Waals surface area contributed by atoms with Crippen molar-refractivity contribution in [2.24, 2.45) is 0 Å². The Morgan fingerprint density at radius 3 is 2.61 bits per heavy atom. The zero-order chi connectivity index (χ0) is 22.8. The van der Waals surface area contributed by atoms with E-state index in [0.717, 1.165) is 12.0 Å². The maximum atomic E-state index is 12.9. The van der Waals surface area contributed by atoms with Crippen LogP contribution in [-0.4, -0.2) is 19.7 Å². The Kier molecular flexibility index (Phi) is 5.62. The SMILES string of the molecule is O=c1[nH]c2cc(-c3nc(-c4cccc(Cl)c4)no3)ccc2c(=O)n1CCCc1ccccc1. The molecule has 0 fully saturated rings. The van der Waals surface area contributed by atoms with Crippen molar-refractivity contribution >= 4 is 22.5 Å². The molecule has 8 heteroatoms. The number of hydrogen-bond donors (Lipinski definition) is 1. The van der Waals surface area contributed by atoms with Crippen LogP contribution in [0.4, 0.5) is 0 Å². The Balaban J connectivity index is 1.42. The second-order valence-corrected chi connectivity index (χ2v) is 8.11. The van der Waals surface area contributed by atoms with Gasteiger partial charge in [-0.15, -0.1) is 0 Å². The molecule has 164 valence electrons. The van der Waals surface area contributed by atoms with E-state index in [0.29, 0.717) is 40.3 Å². The molecule has 2 aromatic heterocycles. The van der Waals surface area contributed by atoms with E-state index < -0.39 is 5.69 Å². The average molecular weight is 459 g/mol. The molecule has 0 saturated heterocycles.